The van der Waals surface area contributed by atoms with Gasteiger partial charge >= 0.3 is 12.1 Å². The van der Waals surface area contributed by atoms with Crippen molar-refractivity contribution in [3.63, 3.8) is 0 Å². The Bertz CT molecular complexity index is 1480. The maximum Gasteiger partial charge on any atom is 0.434 e. The van der Waals surface area contributed by atoms with Crippen LogP contribution in [0.25, 0.3) is 16.6 Å². The number of alkyl halides is 3. The molecule has 0 aliphatic carbocycles. The molecule has 1 N–H and O–H groups in total. The lowest BCUT2D eigenvalue weighted by atomic mass is 10.2. The lowest BCUT2D eigenvalue weighted by Crippen LogP contribution is -2.23. The molecule has 0 radical (unpaired) electrons. The van der Waals surface area contributed by atoms with Crippen molar-refractivity contribution in [1.29, 1.82) is 0 Å². The highest BCUT2D eigenvalue weighted by atomic mass is 19.4. The molecule has 0 fully saturated rings. The first kappa shape index (κ1) is 24.6. The standard InChI is InChI=1S/C24H20F3N5O4/c1-2-36-23(35)18-13-29-32(21(18)24(25,26)27)16-9-7-15(8-10-16)30-20(33)11-12-31-14-28-19-6-4-3-5-17(19)22(31)34/h3-10,13-14H,2,11-12H2,1H3,(H,30,33). The van der Waals surface area contributed by atoms with Crippen molar-refractivity contribution in [2.45, 2.75) is 26.1 Å². The Morgan fingerprint density at radius 3 is 2.50 bits per heavy atom. The van der Waals surface area contributed by atoms with Crippen LogP contribution in [0.1, 0.15) is 29.4 Å². The zero-order valence-corrected chi connectivity index (χ0v) is 19.0. The summed E-state index contributed by atoms with van der Waals surface area (Å²) in [5.41, 5.74) is -1.29. The van der Waals surface area contributed by atoms with Crippen molar-refractivity contribution in [1.82, 2.24) is 19.3 Å². The summed E-state index contributed by atoms with van der Waals surface area (Å²) >= 11 is 0. The molecule has 0 saturated heterocycles. The lowest BCUT2D eigenvalue weighted by Gasteiger charge is -2.13. The van der Waals surface area contributed by atoms with Gasteiger partial charge in [0.2, 0.25) is 5.91 Å². The van der Waals surface area contributed by atoms with E-state index in [4.69, 9.17) is 4.74 Å². The molecule has 1 amide bonds. The number of halogens is 3. The zero-order chi connectivity index (χ0) is 25.9. The third-order valence-electron chi connectivity index (χ3n) is 5.24. The monoisotopic (exact) mass is 499 g/mol. The van der Waals surface area contributed by atoms with E-state index in [1.165, 1.54) is 42.1 Å². The Morgan fingerprint density at radius 1 is 1.08 bits per heavy atom. The van der Waals surface area contributed by atoms with Gasteiger partial charge in [-0.3, -0.25) is 14.2 Å². The molecule has 0 aliphatic rings. The molecule has 0 unspecified atom stereocenters. The second-order valence-corrected chi connectivity index (χ2v) is 7.64. The number of nitrogens with one attached hydrogen (secondary N) is 1. The lowest BCUT2D eigenvalue weighted by molar-refractivity contribution is -0.143. The number of anilines is 1. The van der Waals surface area contributed by atoms with Crippen molar-refractivity contribution in [3.8, 4) is 5.69 Å². The third kappa shape index (κ3) is 5.11. The van der Waals surface area contributed by atoms with Gasteiger partial charge in [-0.2, -0.15) is 18.3 Å². The normalized spacial score (nSPS) is 11.4. The fraction of sp³-hybridized carbons (Fsp3) is 0.208. The molecule has 4 aromatic rings. The maximum atomic E-state index is 13.7. The number of ether oxygens (including phenoxy) is 1. The number of rotatable bonds is 7. The molecule has 12 heteroatoms. The van der Waals surface area contributed by atoms with Gasteiger partial charge < -0.3 is 10.1 Å². The largest absolute Gasteiger partial charge is 0.462 e. The highest BCUT2D eigenvalue weighted by Gasteiger charge is 2.41. The smallest absolute Gasteiger partial charge is 0.434 e. The molecule has 4 rings (SSSR count). The van der Waals surface area contributed by atoms with Gasteiger partial charge in [0, 0.05) is 18.7 Å². The van der Waals surface area contributed by atoms with Gasteiger partial charge in [-0.25, -0.2) is 14.5 Å². The number of para-hydroxylation sites is 1. The number of esters is 1. The number of benzene rings is 2. The van der Waals surface area contributed by atoms with Crippen molar-refractivity contribution in [2.75, 3.05) is 11.9 Å². The van der Waals surface area contributed by atoms with E-state index < -0.39 is 29.3 Å². The summed E-state index contributed by atoms with van der Waals surface area (Å²) in [7, 11) is 0. The summed E-state index contributed by atoms with van der Waals surface area (Å²) in [5, 5.41) is 6.79. The molecule has 2 aromatic heterocycles. The van der Waals surface area contributed by atoms with Crippen LogP contribution in [0.4, 0.5) is 18.9 Å². The summed E-state index contributed by atoms with van der Waals surface area (Å²) in [5.74, 6) is -1.52. The summed E-state index contributed by atoms with van der Waals surface area (Å²) in [4.78, 5) is 41.0. The van der Waals surface area contributed by atoms with Crippen LogP contribution in [-0.2, 0) is 22.3 Å². The molecule has 2 heterocycles. The number of amides is 1. The van der Waals surface area contributed by atoms with E-state index in [0.717, 1.165) is 6.20 Å². The number of fused-ring (bicyclic) bond motifs is 1. The number of hydrogen-bond acceptors (Lipinski definition) is 6. The topological polar surface area (TPSA) is 108 Å². The first-order chi connectivity index (χ1) is 17.2. The van der Waals surface area contributed by atoms with Gasteiger partial charge in [0.15, 0.2) is 5.69 Å². The molecule has 36 heavy (non-hydrogen) atoms. The van der Waals surface area contributed by atoms with Crippen LogP contribution in [0.3, 0.4) is 0 Å². The maximum absolute atomic E-state index is 13.7. The summed E-state index contributed by atoms with van der Waals surface area (Å²) in [6, 6.07) is 12.3. The van der Waals surface area contributed by atoms with Crippen LogP contribution in [0, 0.1) is 0 Å². The highest BCUT2D eigenvalue weighted by Crippen LogP contribution is 2.34. The van der Waals surface area contributed by atoms with Crippen molar-refractivity contribution in [3.05, 3.63) is 82.7 Å². The number of carbonyl (C=O) groups excluding carboxylic acids is 2. The van der Waals surface area contributed by atoms with Gasteiger partial charge in [-0.05, 0) is 43.3 Å². The Morgan fingerprint density at radius 2 is 1.81 bits per heavy atom. The van der Waals surface area contributed by atoms with Crippen LogP contribution in [-0.4, -0.2) is 37.8 Å². The van der Waals surface area contributed by atoms with E-state index in [2.05, 4.69) is 15.4 Å². The fourth-order valence-corrected chi connectivity index (χ4v) is 3.57. The molecule has 0 bridgehead atoms. The van der Waals surface area contributed by atoms with Crippen LogP contribution in [0.5, 0.6) is 0 Å². The van der Waals surface area contributed by atoms with Crippen molar-refractivity contribution < 1.29 is 27.5 Å². The number of carbonyl (C=O) groups is 2. The molecule has 186 valence electrons. The molecule has 2 aromatic carbocycles. The van der Waals surface area contributed by atoms with Gasteiger partial charge in [0.25, 0.3) is 5.56 Å². The number of aryl methyl sites for hydroxylation is 1. The first-order valence-corrected chi connectivity index (χ1v) is 10.9. The fourth-order valence-electron chi connectivity index (χ4n) is 3.57. The van der Waals surface area contributed by atoms with Crippen molar-refractivity contribution >= 4 is 28.5 Å². The molecule has 0 saturated carbocycles. The molecule has 0 atom stereocenters. The molecule has 0 aliphatic heterocycles. The van der Waals surface area contributed by atoms with E-state index in [0.29, 0.717) is 21.3 Å². The molecular formula is C24H20F3N5O4. The predicted molar refractivity (Wildman–Crippen MR) is 124 cm³/mol. The summed E-state index contributed by atoms with van der Waals surface area (Å²) < 4.78 is 47.6. The minimum absolute atomic E-state index is 0.0258. The van der Waals surface area contributed by atoms with Gasteiger partial charge in [0.1, 0.15) is 5.56 Å². The molecular weight excluding hydrogens is 479 g/mol. The second kappa shape index (κ2) is 10.0. The third-order valence-corrected chi connectivity index (χ3v) is 5.24. The van der Waals surface area contributed by atoms with Gasteiger partial charge in [-0.15, -0.1) is 0 Å². The number of hydrogen-bond donors (Lipinski definition) is 1. The number of nitrogens with zero attached hydrogens (tertiary/aromatic N) is 4. The van der Waals surface area contributed by atoms with Crippen LogP contribution < -0.4 is 10.9 Å². The van der Waals surface area contributed by atoms with Crippen molar-refractivity contribution in [2.24, 2.45) is 0 Å². The van der Waals surface area contributed by atoms with E-state index in [1.807, 2.05) is 0 Å². The Kier molecular flexibility index (Phi) is 6.86. The minimum Gasteiger partial charge on any atom is -0.462 e. The Labute approximate surface area is 202 Å². The Hall–Kier alpha value is -4.48. The first-order valence-electron chi connectivity index (χ1n) is 10.9. The minimum atomic E-state index is -4.86. The van der Waals surface area contributed by atoms with Gasteiger partial charge in [0.05, 0.1) is 35.7 Å². The Balaban J connectivity index is 1.46. The number of aromatic nitrogens is 4. The van der Waals surface area contributed by atoms with E-state index >= 15 is 0 Å². The second-order valence-electron chi connectivity index (χ2n) is 7.64. The summed E-state index contributed by atoms with van der Waals surface area (Å²) in [6.07, 6.45) is -2.71. The SMILES string of the molecule is CCOC(=O)c1cnn(-c2ccc(NC(=O)CCn3cnc4ccccc4c3=O)cc2)c1C(F)(F)F. The quantitative estimate of drug-likeness (QED) is 0.388. The average Bonchev–Trinajstić information content (AvgIpc) is 3.31. The van der Waals surface area contributed by atoms with E-state index in [1.54, 1.807) is 24.3 Å². The van der Waals surface area contributed by atoms with Gasteiger partial charge in [-0.1, -0.05) is 12.1 Å². The molecule has 0 spiro atoms. The summed E-state index contributed by atoms with van der Waals surface area (Å²) in [6.45, 7) is 1.50. The van der Waals surface area contributed by atoms with Crippen LogP contribution in [0.15, 0.2) is 65.8 Å². The zero-order valence-electron chi connectivity index (χ0n) is 19.0. The van der Waals surface area contributed by atoms with Crippen LogP contribution >= 0.6 is 0 Å². The van der Waals surface area contributed by atoms with Crippen LogP contribution in [0.2, 0.25) is 0 Å². The predicted octanol–water partition coefficient (Wildman–Crippen LogP) is 3.81. The van der Waals surface area contributed by atoms with E-state index in [9.17, 15) is 27.6 Å². The average molecular weight is 499 g/mol. The molecule has 9 nitrogen and oxygen atoms in total. The van der Waals surface area contributed by atoms with E-state index in [-0.39, 0.29) is 30.8 Å². The highest BCUT2D eigenvalue weighted by molar-refractivity contribution is 5.91.